The number of benzene rings is 2. The number of phenols is 1. The van der Waals surface area contributed by atoms with E-state index in [0.717, 1.165) is 5.56 Å². The molecule has 0 aliphatic carbocycles. The zero-order chi connectivity index (χ0) is 26.4. The Labute approximate surface area is 232 Å². The minimum Gasteiger partial charge on any atom is -0.508 e. The van der Waals surface area contributed by atoms with Crippen molar-refractivity contribution >= 4 is 56.1 Å². The number of hydrogen-bond donors (Lipinski definition) is 1. The van der Waals surface area contributed by atoms with Crippen molar-refractivity contribution in [3.63, 3.8) is 0 Å². The van der Waals surface area contributed by atoms with E-state index >= 15 is 0 Å². The molecule has 190 valence electrons. The fourth-order valence-corrected chi connectivity index (χ4v) is 5.55. The van der Waals surface area contributed by atoms with E-state index in [0.29, 0.717) is 32.7 Å². The van der Waals surface area contributed by atoms with E-state index in [1.165, 1.54) is 33.6 Å². The molecular weight excluding hydrogens is 596 g/mol. The second-order valence-electron chi connectivity index (χ2n) is 8.33. The highest BCUT2D eigenvalue weighted by Gasteiger charge is 2.49. The quantitative estimate of drug-likeness (QED) is 0.169. The summed E-state index contributed by atoms with van der Waals surface area (Å²) in [5.41, 5.74) is 1.45. The number of hydrogen-bond acceptors (Lipinski definition) is 9. The number of thioether (sulfide) groups is 1. The highest BCUT2D eigenvalue weighted by atomic mass is 79.9. The average Bonchev–Trinajstić information content (AvgIpc) is 3.41. The number of fused-ring (bicyclic) bond motifs is 1. The lowest BCUT2D eigenvalue weighted by Crippen LogP contribution is -2.64. The van der Waals surface area contributed by atoms with E-state index in [1.54, 1.807) is 54.9 Å². The Bertz CT molecular complexity index is 1730. The van der Waals surface area contributed by atoms with E-state index in [-0.39, 0.29) is 16.7 Å². The van der Waals surface area contributed by atoms with Crippen LogP contribution in [0.3, 0.4) is 0 Å². The minimum atomic E-state index is -0.885. The molecule has 38 heavy (non-hydrogen) atoms. The molecule has 4 heterocycles. The number of alkyl halides is 1. The van der Waals surface area contributed by atoms with Gasteiger partial charge in [0.1, 0.15) is 23.0 Å². The summed E-state index contributed by atoms with van der Waals surface area (Å²) in [6.07, 6.45) is 3.25. The van der Waals surface area contributed by atoms with E-state index in [9.17, 15) is 14.7 Å². The number of phenolic OH excluding ortho intramolecular Hbond substituents is 1. The molecule has 0 saturated carbocycles. The SMILES string of the molecule is O=C1C(Cl)C(c2ccc(O)cc2)N1n1c(CSc2nnc(-c3ccncc3)o2)nc2ccc(Br)cc2c1=O. The lowest BCUT2D eigenvalue weighted by Gasteiger charge is -2.45. The van der Waals surface area contributed by atoms with Crippen LogP contribution in [0.2, 0.25) is 0 Å². The lowest BCUT2D eigenvalue weighted by atomic mass is 9.95. The monoisotopic (exact) mass is 610 g/mol. The first-order chi connectivity index (χ1) is 18.4. The van der Waals surface area contributed by atoms with Crippen LogP contribution in [0.15, 0.2) is 85.9 Å². The van der Waals surface area contributed by atoms with Gasteiger partial charge >= 0.3 is 0 Å². The first-order valence-corrected chi connectivity index (χ1v) is 13.5. The van der Waals surface area contributed by atoms with Crippen molar-refractivity contribution in [2.45, 2.75) is 22.4 Å². The van der Waals surface area contributed by atoms with Gasteiger partial charge < -0.3 is 9.52 Å². The fourth-order valence-electron chi connectivity index (χ4n) is 4.16. The maximum atomic E-state index is 13.8. The summed E-state index contributed by atoms with van der Waals surface area (Å²) < 4.78 is 7.74. The van der Waals surface area contributed by atoms with Crippen LogP contribution in [0.25, 0.3) is 22.4 Å². The predicted molar refractivity (Wildman–Crippen MR) is 145 cm³/mol. The van der Waals surface area contributed by atoms with Gasteiger partial charge in [-0.05, 0) is 48.0 Å². The van der Waals surface area contributed by atoms with E-state index < -0.39 is 22.9 Å². The van der Waals surface area contributed by atoms with Gasteiger partial charge in [0, 0.05) is 22.4 Å². The second kappa shape index (κ2) is 9.86. The van der Waals surface area contributed by atoms with Crippen molar-refractivity contribution in [3.8, 4) is 17.2 Å². The number of nitrogens with zero attached hydrogens (tertiary/aromatic N) is 6. The van der Waals surface area contributed by atoms with Gasteiger partial charge in [0.2, 0.25) is 5.89 Å². The molecule has 10 nitrogen and oxygen atoms in total. The van der Waals surface area contributed by atoms with E-state index in [4.69, 9.17) is 21.0 Å². The van der Waals surface area contributed by atoms with Crippen LogP contribution >= 0.6 is 39.3 Å². The van der Waals surface area contributed by atoms with Crippen molar-refractivity contribution < 1.29 is 14.3 Å². The fraction of sp³-hybridized carbons (Fsp3) is 0.120. The molecule has 1 amide bonds. The maximum Gasteiger partial charge on any atom is 0.280 e. The third-order valence-corrected chi connectivity index (χ3v) is 7.72. The Balaban J connectivity index is 1.40. The van der Waals surface area contributed by atoms with Gasteiger partial charge in [-0.2, -0.15) is 4.68 Å². The van der Waals surface area contributed by atoms with E-state index in [2.05, 4.69) is 31.1 Å². The van der Waals surface area contributed by atoms with Gasteiger partial charge in [0.25, 0.3) is 16.7 Å². The summed E-state index contributed by atoms with van der Waals surface area (Å²) in [6.45, 7) is 0. The molecule has 6 rings (SSSR count). The Morgan fingerprint density at radius 1 is 1.05 bits per heavy atom. The second-order valence-corrected chi connectivity index (χ2v) is 10.6. The number of amides is 1. The first-order valence-electron chi connectivity index (χ1n) is 11.2. The van der Waals surface area contributed by atoms with Gasteiger partial charge in [-0.3, -0.25) is 14.6 Å². The number of carbonyl (C=O) groups is 1. The highest BCUT2D eigenvalue weighted by Crippen LogP contribution is 2.38. The Morgan fingerprint density at radius 2 is 1.82 bits per heavy atom. The summed E-state index contributed by atoms with van der Waals surface area (Å²) in [6, 6.07) is 14.4. The zero-order valence-electron chi connectivity index (χ0n) is 19.2. The van der Waals surface area contributed by atoms with Crippen LogP contribution in [0.5, 0.6) is 5.75 Å². The molecule has 2 aromatic carbocycles. The Hall–Kier alpha value is -3.74. The molecule has 0 bridgehead atoms. The number of β-lactam (4-membered cyclic amide) rings is 1. The molecule has 1 N–H and O–H groups in total. The van der Waals surface area contributed by atoms with Gasteiger partial charge in [0.15, 0.2) is 0 Å². The van der Waals surface area contributed by atoms with Crippen LogP contribution in [-0.2, 0) is 10.5 Å². The lowest BCUT2D eigenvalue weighted by molar-refractivity contribution is -0.126. The van der Waals surface area contributed by atoms with Crippen molar-refractivity contribution in [3.05, 3.63) is 93.2 Å². The summed E-state index contributed by atoms with van der Waals surface area (Å²) in [5.74, 6) is 0.428. The van der Waals surface area contributed by atoms with Gasteiger partial charge in [-0.1, -0.05) is 39.8 Å². The summed E-state index contributed by atoms with van der Waals surface area (Å²) in [7, 11) is 0. The normalized spacial score (nSPS) is 17.1. The van der Waals surface area contributed by atoms with Crippen LogP contribution in [-0.4, -0.2) is 41.2 Å². The van der Waals surface area contributed by atoms with Gasteiger partial charge in [-0.15, -0.1) is 21.8 Å². The molecule has 2 atom stereocenters. The molecule has 0 radical (unpaired) electrons. The number of rotatable bonds is 6. The maximum absolute atomic E-state index is 13.8. The van der Waals surface area contributed by atoms with Crippen molar-refractivity contribution in [2.75, 3.05) is 5.01 Å². The average molecular weight is 612 g/mol. The Morgan fingerprint density at radius 3 is 2.58 bits per heavy atom. The minimum absolute atomic E-state index is 0.0780. The topological polar surface area (TPSA) is 127 Å². The molecule has 3 aromatic heterocycles. The molecule has 5 aromatic rings. The number of pyridine rings is 1. The van der Waals surface area contributed by atoms with Crippen LogP contribution in [0, 0.1) is 0 Å². The first kappa shape index (κ1) is 24.6. The highest BCUT2D eigenvalue weighted by molar-refractivity contribution is 9.10. The summed E-state index contributed by atoms with van der Waals surface area (Å²) >= 11 is 11.0. The van der Waals surface area contributed by atoms with Crippen LogP contribution in [0.1, 0.15) is 17.4 Å². The number of halogens is 2. The predicted octanol–water partition coefficient (Wildman–Crippen LogP) is 4.43. The number of aromatic nitrogens is 5. The number of carbonyl (C=O) groups excluding carboxylic acids is 1. The molecule has 1 aliphatic heterocycles. The van der Waals surface area contributed by atoms with E-state index in [1.807, 2.05) is 0 Å². The molecule has 1 fully saturated rings. The molecule has 1 saturated heterocycles. The standard InChI is InChI=1S/C25H16BrClN6O4S/c26-15-3-6-18-17(11-15)23(35)32(33-21(20(27)24(33)36)13-1-4-16(34)5-2-13)19(29-18)12-38-25-31-30-22(37-25)14-7-9-28-10-8-14/h1-11,20-21,34H,12H2. The smallest absolute Gasteiger partial charge is 0.280 e. The summed E-state index contributed by atoms with van der Waals surface area (Å²) in [4.78, 5) is 35.5. The van der Waals surface area contributed by atoms with Crippen molar-refractivity contribution in [1.82, 2.24) is 24.8 Å². The van der Waals surface area contributed by atoms with Crippen molar-refractivity contribution in [2.24, 2.45) is 0 Å². The third kappa shape index (κ3) is 4.34. The molecule has 2 unspecified atom stereocenters. The molecule has 13 heteroatoms. The molecular formula is C25H16BrClN6O4S. The van der Waals surface area contributed by atoms with Gasteiger partial charge in [-0.25, -0.2) is 9.99 Å². The third-order valence-electron chi connectivity index (χ3n) is 5.99. The summed E-state index contributed by atoms with van der Waals surface area (Å²) in [5, 5.41) is 18.9. The zero-order valence-corrected chi connectivity index (χ0v) is 22.4. The van der Waals surface area contributed by atoms with Gasteiger partial charge in [0.05, 0.1) is 16.7 Å². The molecule has 1 aliphatic rings. The molecule has 0 spiro atoms. The Kier molecular flexibility index (Phi) is 6.38. The van der Waals surface area contributed by atoms with Crippen molar-refractivity contribution in [1.29, 1.82) is 0 Å². The number of aromatic hydroxyl groups is 1. The van der Waals surface area contributed by atoms with Crippen LogP contribution in [0.4, 0.5) is 0 Å². The largest absolute Gasteiger partial charge is 0.508 e. The van der Waals surface area contributed by atoms with Crippen LogP contribution < -0.4 is 10.6 Å².